The maximum atomic E-state index is 11.5. The van der Waals surface area contributed by atoms with Crippen LogP contribution in [0.15, 0.2) is 0 Å². The molecular weight excluding hydrogens is 224 g/mol. The zero-order valence-electron chi connectivity index (χ0n) is 8.83. The minimum absolute atomic E-state index is 0.114. The average molecular weight is 241 g/mol. The molecule has 1 heterocycles. The number of rotatable bonds is 2. The molecule has 0 aromatic carbocycles. The van der Waals surface area contributed by atoms with Crippen LogP contribution >= 0.6 is 11.6 Å². The lowest BCUT2D eigenvalue weighted by Crippen LogP contribution is -2.58. The van der Waals surface area contributed by atoms with Crippen molar-refractivity contribution in [3.63, 3.8) is 0 Å². The molecule has 1 fully saturated rings. The number of halogens is 1. The van der Waals surface area contributed by atoms with Gasteiger partial charge >= 0.3 is 0 Å². The van der Waals surface area contributed by atoms with Crippen molar-refractivity contribution in [3.05, 3.63) is 0 Å². The van der Waals surface area contributed by atoms with Crippen LogP contribution in [0.4, 0.5) is 0 Å². The van der Waals surface area contributed by atoms with Gasteiger partial charge < -0.3 is 0 Å². The summed E-state index contributed by atoms with van der Waals surface area (Å²) in [5.74, 6) is 0. The second-order valence-corrected chi connectivity index (χ2v) is 6.84. The molecule has 0 aromatic heterocycles. The second kappa shape index (κ2) is 3.96. The van der Waals surface area contributed by atoms with Gasteiger partial charge in [0.1, 0.15) is 5.21 Å². The number of hydrogen-bond acceptors (Lipinski definition) is 3. The first-order valence-corrected chi connectivity index (χ1v) is 6.69. The zero-order chi connectivity index (χ0) is 11.0. The topological polar surface area (TPSA) is 40.6 Å². The van der Waals surface area contributed by atoms with Gasteiger partial charge in [-0.25, -0.2) is 8.42 Å². The monoisotopic (exact) mass is 240 g/mol. The first-order chi connectivity index (χ1) is 6.29. The molecule has 84 valence electrons. The van der Waals surface area contributed by atoms with E-state index in [4.69, 9.17) is 11.6 Å². The summed E-state index contributed by atoms with van der Waals surface area (Å²) in [7, 11) is -1.24. The lowest BCUT2D eigenvalue weighted by atomic mass is 10.0. The molecule has 0 aliphatic carbocycles. The molecule has 4 nitrogen and oxygen atoms in total. The SMILES string of the molecule is CN1CCN(S(=O)(=O)CCl)CC1(C)C. The molecule has 0 aromatic rings. The zero-order valence-corrected chi connectivity index (χ0v) is 10.4. The Morgan fingerprint density at radius 3 is 2.36 bits per heavy atom. The van der Waals surface area contributed by atoms with Crippen LogP contribution in [0.1, 0.15) is 13.8 Å². The first kappa shape index (κ1) is 12.2. The lowest BCUT2D eigenvalue weighted by molar-refractivity contribution is 0.0804. The number of alkyl halides is 1. The molecule has 1 aliphatic heterocycles. The van der Waals surface area contributed by atoms with E-state index in [9.17, 15) is 8.42 Å². The molecule has 0 radical (unpaired) electrons. The van der Waals surface area contributed by atoms with Gasteiger partial charge in [0.05, 0.1) is 0 Å². The Bertz CT molecular complexity index is 302. The van der Waals surface area contributed by atoms with E-state index in [0.717, 1.165) is 6.54 Å². The van der Waals surface area contributed by atoms with Crippen molar-refractivity contribution in [1.82, 2.24) is 9.21 Å². The molecule has 0 unspecified atom stereocenters. The highest BCUT2D eigenvalue weighted by Crippen LogP contribution is 2.21. The summed E-state index contributed by atoms with van der Waals surface area (Å²) in [5.41, 5.74) is -0.114. The highest BCUT2D eigenvalue weighted by molar-refractivity contribution is 7.90. The highest BCUT2D eigenvalue weighted by atomic mass is 35.5. The summed E-state index contributed by atoms with van der Waals surface area (Å²) in [6, 6.07) is 0. The molecule has 0 spiro atoms. The highest BCUT2D eigenvalue weighted by Gasteiger charge is 2.35. The molecule has 0 N–H and O–H groups in total. The predicted octanol–water partition coefficient (Wildman–Crippen LogP) is 0.538. The minimum atomic E-state index is -3.24. The Kier molecular flexibility index (Phi) is 3.46. The molecule has 0 saturated carbocycles. The quantitative estimate of drug-likeness (QED) is 0.662. The van der Waals surface area contributed by atoms with Crippen LogP contribution in [0.25, 0.3) is 0 Å². The van der Waals surface area contributed by atoms with Crippen molar-refractivity contribution in [3.8, 4) is 0 Å². The summed E-state index contributed by atoms with van der Waals surface area (Å²) >= 11 is 5.41. The van der Waals surface area contributed by atoms with Gasteiger partial charge in [-0.1, -0.05) is 0 Å². The smallest absolute Gasteiger partial charge is 0.228 e. The third-order valence-corrected chi connectivity index (χ3v) is 5.01. The van der Waals surface area contributed by atoms with Crippen LogP contribution in [0, 0.1) is 0 Å². The van der Waals surface area contributed by atoms with Crippen LogP contribution in [0.3, 0.4) is 0 Å². The standard InChI is InChI=1S/C8H17ClN2O2S/c1-8(2)6-11(5-4-10(8)3)14(12,13)7-9/h4-7H2,1-3H3. The normalized spacial score (nSPS) is 25.1. The second-order valence-electron chi connectivity index (χ2n) is 4.29. The third-order valence-electron chi connectivity index (χ3n) is 2.81. The van der Waals surface area contributed by atoms with Crippen molar-refractivity contribution >= 4 is 21.6 Å². The number of nitrogens with zero attached hydrogens (tertiary/aromatic N) is 2. The average Bonchev–Trinajstić information content (AvgIpc) is 2.09. The fourth-order valence-corrected chi connectivity index (χ4v) is 2.93. The van der Waals surface area contributed by atoms with Gasteiger partial charge in [0.2, 0.25) is 10.0 Å². The van der Waals surface area contributed by atoms with Gasteiger partial charge in [0.15, 0.2) is 0 Å². The van der Waals surface area contributed by atoms with E-state index in [1.165, 1.54) is 4.31 Å². The maximum absolute atomic E-state index is 11.5. The van der Waals surface area contributed by atoms with Gasteiger partial charge in [0.25, 0.3) is 0 Å². The van der Waals surface area contributed by atoms with E-state index >= 15 is 0 Å². The van der Waals surface area contributed by atoms with Crippen LogP contribution < -0.4 is 0 Å². The Hall–Kier alpha value is 0.160. The van der Waals surface area contributed by atoms with Gasteiger partial charge in [-0.05, 0) is 20.9 Å². The predicted molar refractivity (Wildman–Crippen MR) is 57.9 cm³/mol. The molecule has 0 amide bonds. The summed E-state index contributed by atoms with van der Waals surface area (Å²) in [5, 5.41) is -0.327. The van der Waals surface area contributed by atoms with Crippen molar-refractivity contribution in [2.75, 3.05) is 31.9 Å². The number of likely N-dealkylation sites (N-methyl/N-ethyl adjacent to an activating group) is 1. The minimum Gasteiger partial charge on any atom is -0.299 e. The molecule has 1 rings (SSSR count). The third kappa shape index (κ3) is 2.39. The number of piperazine rings is 1. The van der Waals surface area contributed by atoms with Gasteiger partial charge in [-0.15, -0.1) is 11.6 Å². The molecule has 6 heteroatoms. The fourth-order valence-electron chi connectivity index (χ4n) is 1.50. The number of hydrogen-bond donors (Lipinski definition) is 0. The van der Waals surface area contributed by atoms with E-state index in [2.05, 4.69) is 4.90 Å². The van der Waals surface area contributed by atoms with E-state index in [0.29, 0.717) is 13.1 Å². The molecule has 0 atom stereocenters. The van der Waals surface area contributed by atoms with Crippen LogP contribution in [0.2, 0.25) is 0 Å². The summed E-state index contributed by atoms with van der Waals surface area (Å²) < 4.78 is 24.5. The van der Waals surface area contributed by atoms with Crippen LogP contribution in [-0.4, -0.2) is 55.1 Å². The Morgan fingerprint density at radius 1 is 1.36 bits per heavy atom. The van der Waals surface area contributed by atoms with Gasteiger partial charge in [-0.2, -0.15) is 4.31 Å². The fraction of sp³-hybridized carbons (Fsp3) is 1.00. The van der Waals surface area contributed by atoms with E-state index in [1.807, 2.05) is 20.9 Å². The lowest BCUT2D eigenvalue weighted by Gasteiger charge is -2.44. The summed E-state index contributed by atoms with van der Waals surface area (Å²) in [4.78, 5) is 2.16. The van der Waals surface area contributed by atoms with Crippen LogP contribution in [-0.2, 0) is 10.0 Å². The van der Waals surface area contributed by atoms with E-state index < -0.39 is 10.0 Å². The first-order valence-electron chi connectivity index (χ1n) is 4.54. The Balaban J connectivity index is 2.79. The van der Waals surface area contributed by atoms with Gasteiger partial charge in [0, 0.05) is 25.2 Å². The Morgan fingerprint density at radius 2 is 1.93 bits per heavy atom. The number of sulfonamides is 1. The maximum Gasteiger partial charge on any atom is 0.228 e. The molecular formula is C8H17ClN2O2S. The summed E-state index contributed by atoms with van der Waals surface area (Å²) in [6.07, 6.45) is 0. The molecule has 14 heavy (non-hydrogen) atoms. The Labute approximate surface area is 90.9 Å². The summed E-state index contributed by atoms with van der Waals surface area (Å²) in [6.45, 7) is 5.86. The molecule has 1 saturated heterocycles. The van der Waals surface area contributed by atoms with E-state index in [-0.39, 0.29) is 10.8 Å². The van der Waals surface area contributed by atoms with E-state index in [1.54, 1.807) is 0 Å². The van der Waals surface area contributed by atoms with Crippen LogP contribution in [0.5, 0.6) is 0 Å². The van der Waals surface area contributed by atoms with Crippen molar-refractivity contribution in [2.45, 2.75) is 19.4 Å². The molecule has 0 bridgehead atoms. The largest absolute Gasteiger partial charge is 0.299 e. The van der Waals surface area contributed by atoms with Crippen molar-refractivity contribution < 1.29 is 8.42 Å². The van der Waals surface area contributed by atoms with Crippen molar-refractivity contribution in [1.29, 1.82) is 0 Å². The van der Waals surface area contributed by atoms with Crippen molar-refractivity contribution in [2.24, 2.45) is 0 Å². The molecule has 1 aliphatic rings. The van der Waals surface area contributed by atoms with Gasteiger partial charge in [-0.3, -0.25) is 4.90 Å².